The van der Waals surface area contributed by atoms with E-state index in [-0.39, 0.29) is 5.91 Å². The summed E-state index contributed by atoms with van der Waals surface area (Å²) in [6, 6.07) is 9.64. The Bertz CT molecular complexity index is 727. The average Bonchev–Trinajstić information content (AvgIpc) is 3.17. The number of amides is 1. The van der Waals surface area contributed by atoms with Crippen LogP contribution in [0.25, 0.3) is 5.69 Å². The molecular formula is C16H15N3O2. The number of aryl methyl sites for hydroxylation is 1. The maximum Gasteiger partial charge on any atom is 0.254 e. The monoisotopic (exact) mass is 281 g/mol. The zero-order valence-electron chi connectivity index (χ0n) is 11.6. The number of aromatic nitrogens is 2. The molecule has 1 amide bonds. The van der Waals surface area contributed by atoms with Crippen molar-refractivity contribution in [2.24, 2.45) is 0 Å². The van der Waals surface area contributed by atoms with Crippen molar-refractivity contribution in [3.05, 3.63) is 72.2 Å². The Balaban J connectivity index is 1.65. The third-order valence-corrected chi connectivity index (χ3v) is 3.28. The predicted octanol–water partition coefficient (Wildman–Crippen LogP) is 2.70. The van der Waals surface area contributed by atoms with Crippen molar-refractivity contribution in [2.75, 3.05) is 0 Å². The molecule has 0 fully saturated rings. The second kappa shape index (κ2) is 5.66. The molecule has 0 aliphatic carbocycles. The summed E-state index contributed by atoms with van der Waals surface area (Å²) < 4.78 is 6.89. The first-order valence-corrected chi connectivity index (χ1v) is 6.64. The van der Waals surface area contributed by atoms with Gasteiger partial charge in [-0.1, -0.05) is 12.1 Å². The van der Waals surface area contributed by atoms with Gasteiger partial charge in [0.2, 0.25) is 0 Å². The molecule has 0 saturated heterocycles. The number of hydrogen-bond donors (Lipinski definition) is 1. The van der Waals surface area contributed by atoms with Gasteiger partial charge in [0.25, 0.3) is 5.91 Å². The van der Waals surface area contributed by atoms with E-state index in [9.17, 15) is 4.79 Å². The summed E-state index contributed by atoms with van der Waals surface area (Å²) in [5.41, 5.74) is 2.61. The van der Waals surface area contributed by atoms with Crippen molar-refractivity contribution < 1.29 is 9.21 Å². The Hall–Kier alpha value is -2.82. The second-order valence-corrected chi connectivity index (χ2v) is 4.71. The minimum Gasteiger partial charge on any atom is -0.472 e. The van der Waals surface area contributed by atoms with Gasteiger partial charge in [0.05, 0.1) is 11.8 Å². The SMILES string of the molecule is Cc1nccn1-c1ccc(CNC(=O)c2ccoc2)cc1. The van der Waals surface area contributed by atoms with Crippen LogP contribution in [0.5, 0.6) is 0 Å². The van der Waals surface area contributed by atoms with Crippen molar-refractivity contribution in [1.29, 1.82) is 0 Å². The Morgan fingerprint density at radius 3 is 2.71 bits per heavy atom. The molecule has 0 atom stereocenters. The molecule has 1 aromatic carbocycles. The Morgan fingerprint density at radius 2 is 2.10 bits per heavy atom. The maximum atomic E-state index is 11.8. The molecule has 3 rings (SSSR count). The molecule has 0 saturated carbocycles. The lowest BCUT2D eigenvalue weighted by Gasteiger charge is -2.07. The third-order valence-electron chi connectivity index (χ3n) is 3.28. The van der Waals surface area contributed by atoms with Crippen LogP contribution in [0.15, 0.2) is 59.7 Å². The van der Waals surface area contributed by atoms with Crippen LogP contribution in [0.3, 0.4) is 0 Å². The van der Waals surface area contributed by atoms with E-state index in [1.54, 1.807) is 12.3 Å². The lowest BCUT2D eigenvalue weighted by Crippen LogP contribution is -2.22. The van der Waals surface area contributed by atoms with Crippen molar-refractivity contribution in [3.8, 4) is 5.69 Å². The predicted molar refractivity (Wildman–Crippen MR) is 78.2 cm³/mol. The van der Waals surface area contributed by atoms with E-state index in [1.165, 1.54) is 12.5 Å². The van der Waals surface area contributed by atoms with Crippen molar-refractivity contribution in [2.45, 2.75) is 13.5 Å². The highest BCUT2D eigenvalue weighted by Crippen LogP contribution is 2.12. The van der Waals surface area contributed by atoms with Crippen LogP contribution in [-0.2, 0) is 6.54 Å². The highest BCUT2D eigenvalue weighted by Gasteiger charge is 2.06. The van der Waals surface area contributed by atoms with E-state index in [4.69, 9.17) is 4.42 Å². The molecule has 0 spiro atoms. The smallest absolute Gasteiger partial charge is 0.254 e. The molecule has 2 heterocycles. The van der Waals surface area contributed by atoms with Gasteiger partial charge < -0.3 is 14.3 Å². The van der Waals surface area contributed by atoms with E-state index < -0.39 is 0 Å². The number of benzene rings is 1. The number of nitrogens with one attached hydrogen (secondary N) is 1. The van der Waals surface area contributed by atoms with Gasteiger partial charge in [-0.25, -0.2) is 4.98 Å². The van der Waals surface area contributed by atoms with Crippen LogP contribution in [0.1, 0.15) is 21.7 Å². The van der Waals surface area contributed by atoms with E-state index in [2.05, 4.69) is 10.3 Å². The summed E-state index contributed by atoms with van der Waals surface area (Å²) in [5.74, 6) is 0.800. The van der Waals surface area contributed by atoms with E-state index in [1.807, 2.05) is 42.0 Å². The minimum absolute atomic E-state index is 0.140. The number of carbonyl (C=O) groups excluding carboxylic acids is 1. The normalized spacial score (nSPS) is 10.5. The topological polar surface area (TPSA) is 60.1 Å². The molecule has 5 nitrogen and oxygen atoms in total. The molecule has 2 aromatic heterocycles. The van der Waals surface area contributed by atoms with Gasteiger partial charge in [-0.2, -0.15) is 0 Å². The Kier molecular flexibility index (Phi) is 3.55. The molecule has 0 bridgehead atoms. The molecule has 0 radical (unpaired) electrons. The first kappa shape index (κ1) is 13.2. The first-order chi connectivity index (χ1) is 10.2. The van der Waals surface area contributed by atoms with Gasteiger partial charge in [0, 0.05) is 24.6 Å². The summed E-state index contributed by atoms with van der Waals surface area (Å²) in [7, 11) is 0. The highest BCUT2D eigenvalue weighted by atomic mass is 16.3. The molecule has 106 valence electrons. The number of nitrogens with zero attached hydrogens (tertiary/aromatic N) is 2. The number of hydrogen-bond acceptors (Lipinski definition) is 3. The summed E-state index contributed by atoms with van der Waals surface area (Å²) in [6.45, 7) is 2.44. The van der Waals surface area contributed by atoms with E-state index in [0.29, 0.717) is 12.1 Å². The van der Waals surface area contributed by atoms with Crippen molar-refractivity contribution >= 4 is 5.91 Å². The molecule has 0 unspecified atom stereocenters. The van der Waals surface area contributed by atoms with E-state index >= 15 is 0 Å². The fraction of sp³-hybridized carbons (Fsp3) is 0.125. The highest BCUT2D eigenvalue weighted by molar-refractivity contribution is 5.93. The first-order valence-electron chi connectivity index (χ1n) is 6.64. The summed E-state index contributed by atoms with van der Waals surface area (Å²) >= 11 is 0. The van der Waals surface area contributed by atoms with Gasteiger partial charge in [0.1, 0.15) is 12.1 Å². The van der Waals surface area contributed by atoms with Crippen LogP contribution in [0.4, 0.5) is 0 Å². The summed E-state index contributed by atoms with van der Waals surface area (Å²) in [5, 5.41) is 2.85. The number of imidazole rings is 1. The van der Waals surface area contributed by atoms with Crippen LogP contribution in [0, 0.1) is 6.92 Å². The second-order valence-electron chi connectivity index (χ2n) is 4.71. The van der Waals surface area contributed by atoms with Crippen molar-refractivity contribution in [3.63, 3.8) is 0 Å². The maximum absolute atomic E-state index is 11.8. The third kappa shape index (κ3) is 2.86. The van der Waals surface area contributed by atoms with Crippen LogP contribution < -0.4 is 5.32 Å². The quantitative estimate of drug-likeness (QED) is 0.800. The average molecular weight is 281 g/mol. The standard InChI is InChI=1S/C16H15N3O2/c1-12-17-7-8-19(12)15-4-2-13(3-5-15)10-18-16(20)14-6-9-21-11-14/h2-9,11H,10H2,1H3,(H,18,20). The van der Waals surface area contributed by atoms with Crippen LogP contribution >= 0.6 is 0 Å². The number of carbonyl (C=O) groups is 1. The number of rotatable bonds is 4. The lowest BCUT2D eigenvalue weighted by atomic mass is 10.2. The summed E-state index contributed by atoms with van der Waals surface area (Å²) in [6.07, 6.45) is 6.61. The lowest BCUT2D eigenvalue weighted by molar-refractivity contribution is 0.0950. The zero-order valence-corrected chi connectivity index (χ0v) is 11.6. The van der Waals surface area contributed by atoms with Gasteiger partial charge in [-0.15, -0.1) is 0 Å². The molecule has 0 aliphatic heterocycles. The molecule has 3 aromatic rings. The molecule has 0 aliphatic rings. The Morgan fingerprint density at radius 1 is 1.29 bits per heavy atom. The minimum atomic E-state index is -0.140. The fourth-order valence-corrected chi connectivity index (χ4v) is 2.10. The van der Waals surface area contributed by atoms with Crippen LogP contribution in [-0.4, -0.2) is 15.5 Å². The summed E-state index contributed by atoms with van der Waals surface area (Å²) in [4.78, 5) is 16.0. The largest absolute Gasteiger partial charge is 0.472 e. The van der Waals surface area contributed by atoms with Crippen LogP contribution in [0.2, 0.25) is 0 Å². The fourth-order valence-electron chi connectivity index (χ4n) is 2.10. The molecule has 1 N–H and O–H groups in total. The van der Waals surface area contributed by atoms with E-state index in [0.717, 1.165) is 17.1 Å². The van der Waals surface area contributed by atoms with Gasteiger partial charge in [-0.05, 0) is 30.7 Å². The number of furan rings is 1. The van der Waals surface area contributed by atoms with Gasteiger partial charge in [0.15, 0.2) is 0 Å². The molecule has 21 heavy (non-hydrogen) atoms. The van der Waals surface area contributed by atoms with Crippen molar-refractivity contribution in [1.82, 2.24) is 14.9 Å². The Labute approximate surface area is 122 Å². The molecular weight excluding hydrogens is 266 g/mol. The molecule has 5 heteroatoms. The zero-order chi connectivity index (χ0) is 14.7. The van der Waals surface area contributed by atoms with Gasteiger partial charge >= 0.3 is 0 Å². The van der Waals surface area contributed by atoms with Gasteiger partial charge in [-0.3, -0.25) is 4.79 Å².